The van der Waals surface area contributed by atoms with E-state index < -0.39 is 5.97 Å². The second-order valence-electron chi connectivity index (χ2n) is 5.31. The zero-order chi connectivity index (χ0) is 17.1. The Morgan fingerprint density at radius 2 is 1.54 bits per heavy atom. The van der Waals surface area contributed by atoms with Crippen molar-refractivity contribution in [3.05, 3.63) is 65.2 Å². The highest BCUT2D eigenvalue weighted by molar-refractivity contribution is 6.21. The van der Waals surface area contributed by atoms with Crippen LogP contribution in [0, 0.1) is 0 Å². The molecular weight excluding hydrogens is 310 g/mol. The third-order valence-corrected chi connectivity index (χ3v) is 3.78. The highest BCUT2D eigenvalue weighted by Crippen LogP contribution is 2.23. The minimum Gasteiger partial charge on any atom is -0.493 e. The Morgan fingerprint density at radius 1 is 0.958 bits per heavy atom. The van der Waals surface area contributed by atoms with Crippen LogP contribution >= 0.6 is 0 Å². The van der Waals surface area contributed by atoms with Crippen LogP contribution in [-0.2, 0) is 0 Å². The molecule has 1 heterocycles. The van der Waals surface area contributed by atoms with Gasteiger partial charge in [0, 0.05) is 6.54 Å². The maximum atomic E-state index is 12.2. The summed E-state index contributed by atoms with van der Waals surface area (Å²) in [5.74, 6) is -1.40. The van der Waals surface area contributed by atoms with Crippen molar-refractivity contribution in [2.24, 2.45) is 0 Å². The molecule has 1 N–H and O–H groups in total. The first kappa shape index (κ1) is 15.7. The van der Waals surface area contributed by atoms with Gasteiger partial charge in [0.05, 0.1) is 17.7 Å². The monoisotopic (exact) mass is 325 g/mol. The largest absolute Gasteiger partial charge is 0.493 e. The van der Waals surface area contributed by atoms with E-state index >= 15 is 0 Å². The Morgan fingerprint density at radius 3 is 2.17 bits per heavy atom. The van der Waals surface area contributed by atoms with Crippen molar-refractivity contribution in [1.82, 2.24) is 4.90 Å². The molecule has 0 atom stereocenters. The minimum atomic E-state index is -1.06. The van der Waals surface area contributed by atoms with Crippen molar-refractivity contribution in [3.8, 4) is 5.75 Å². The average molecular weight is 325 g/mol. The number of imide groups is 1. The lowest BCUT2D eigenvalue weighted by Gasteiger charge is -2.14. The van der Waals surface area contributed by atoms with Gasteiger partial charge in [-0.25, -0.2) is 4.79 Å². The summed E-state index contributed by atoms with van der Waals surface area (Å²) in [7, 11) is 0. The van der Waals surface area contributed by atoms with Crippen LogP contribution in [0.25, 0.3) is 0 Å². The number of ether oxygens (including phenoxy) is 1. The maximum Gasteiger partial charge on any atom is 0.339 e. The molecule has 2 aromatic carbocycles. The number of aromatic carboxylic acids is 1. The highest BCUT2D eigenvalue weighted by atomic mass is 16.5. The number of carbonyl (C=O) groups excluding carboxylic acids is 2. The van der Waals surface area contributed by atoms with Gasteiger partial charge in [0.25, 0.3) is 11.8 Å². The van der Waals surface area contributed by atoms with E-state index in [2.05, 4.69) is 0 Å². The number of carbonyl (C=O) groups is 3. The fourth-order valence-electron chi connectivity index (χ4n) is 2.62. The lowest BCUT2D eigenvalue weighted by molar-refractivity contribution is 0.0646. The highest BCUT2D eigenvalue weighted by Gasteiger charge is 2.34. The summed E-state index contributed by atoms with van der Waals surface area (Å²) in [6.45, 7) is 0.430. The number of rotatable bonds is 6. The molecule has 0 saturated carbocycles. The lowest BCUT2D eigenvalue weighted by Crippen LogP contribution is -2.31. The molecule has 1 aliphatic heterocycles. The van der Waals surface area contributed by atoms with Crippen LogP contribution in [0.1, 0.15) is 37.5 Å². The van der Waals surface area contributed by atoms with Crippen molar-refractivity contribution in [3.63, 3.8) is 0 Å². The van der Waals surface area contributed by atoms with E-state index in [0.717, 1.165) is 0 Å². The molecule has 0 saturated heterocycles. The minimum absolute atomic E-state index is 0.0817. The Bertz CT molecular complexity index is 780. The molecule has 0 spiro atoms. The first-order valence-electron chi connectivity index (χ1n) is 7.50. The molecule has 0 aliphatic carbocycles. The first-order valence-corrected chi connectivity index (χ1v) is 7.50. The summed E-state index contributed by atoms with van der Waals surface area (Å²) in [6.07, 6.45) is 0.416. The molecular formula is C18H15NO5. The van der Waals surface area contributed by atoms with E-state index in [1.165, 1.54) is 11.0 Å². The van der Waals surface area contributed by atoms with E-state index in [4.69, 9.17) is 9.84 Å². The number of benzene rings is 2. The Labute approximate surface area is 138 Å². The summed E-state index contributed by atoms with van der Waals surface area (Å²) < 4.78 is 5.48. The number of nitrogens with zero attached hydrogens (tertiary/aromatic N) is 1. The van der Waals surface area contributed by atoms with Gasteiger partial charge >= 0.3 is 5.97 Å². The second kappa shape index (κ2) is 6.54. The third-order valence-electron chi connectivity index (χ3n) is 3.78. The molecule has 3 rings (SSSR count). The van der Waals surface area contributed by atoms with Gasteiger partial charge in [-0.1, -0.05) is 24.3 Å². The van der Waals surface area contributed by atoms with E-state index in [-0.39, 0.29) is 36.3 Å². The summed E-state index contributed by atoms with van der Waals surface area (Å²) in [5.41, 5.74) is 0.914. The van der Waals surface area contributed by atoms with Gasteiger partial charge in [0.2, 0.25) is 0 Å². The van der Waals surface area contributed by atoms with Crippen LogP contribution in [0.5, 0.6) is 5.75 Å². The van der Waals surface area contributed by atoms with Gasteiger partial charge in [-0.05, 0) is 30.7 Å². The number of amides is 2. The van der Waals surface area contributed by atoms with Crippen molar-refractivity contribution in [2.75, 3.05) is 13.2 Å². The summed E-state index contributed by atoms with van der Waals surface area (Å²) in [5, 5.41) is 9.09. The zero-order valence-corrected chi connectivity index (χ0v) is 12.8. The van der Waals surface area contributed by atoms with Crippen molar-refractivity contribution in [2.45, 2.75) is 6.42 Å². The molecule has 24 heavy (non-hydrogen) atoms. The quantitative estimate of drug-likeness (QED) is 0.651. The predicted molar refractivity (Wildman–Crippen MR) is 85.3 cm³/mol. The SMILES string of the molecule is O=C(O)c1ccccc1OCCCN1C(=O)c2ccccc2C1=O. The number of carboxylic acids is 1. The van der Waals surface area contributed by atoms with Gasteiger partial charge in [-0.15, -0.1) is 0 Å². The molecule has 1 aliphatic rings. The topological polar surface area (TPSA) is 83.9 Å². The van der Waals surface area contributed by atoms with Crippen molar-refractivity contribution in [1.29, 1.82) is 0 Å². The molecule has 2 amide bonds. The summed E-state index contributed by atoms with van der Waals surface area (Å²) in [4.78, 5) is 36.7. The number of carboxylic acid groups (broad SMARTS) is 1. The molecule has 0 bridgehead atoms. The van der Waals surface area contributed by atoms with Gasteiger partial charge in [0.15, 0.2) is 0 Å². The van der Waals surface area contributed by atoms with Crippen LogP contribution in [0.15, 0.2) is 48.5 Å². The fourth-order valence-corrected chi connectivity index (χ4v) is 2.62. The summed E-state index contributed by atoms with van der Waals surface area (Å²) in [6, 6.07) is 13.1. The molecule has 122 valence electrons. The molecule has 6 nitrogen and oxygen atoms in total. The average Bonchev–Trinajstić information content (AvgIpc) is 2.84. The normalized spacial score (nSPS) is 13.1. The molecule has 0 unspecified atom stereocenters. The number of para-hydroxylation sites is 1. The second-order valence-corrected chi connectivity index (χ2v) is 5.31. The zero-order valence-electron chi connectivity index (χ0n) is 12.8. The van der Waals surface area contributed by atoms with Gasteiger partial charge in [-0.2, -0.15) is 0 Å². The fraction of sp³-hybridized carbons (Fsp3) is 0.167. The summed E-state index contributed by atoms with van der Waals surface area (Å²) >= 11 is 0. The Kier molecular flexibility index (Phi) is 4.29. The standard InChI is InChI=1S/C18H15NO5/c20-16-12-6-1-2-7-13(12)17(21)19(16)10-5-11-24-15-9-4-3-8-14(15)18(22)23/h1-4,6-9H,5,10-11H2,(H,22,23). The third kappa shape index (κ3) is 2.86. The van der Waals surface area contributed by atoms with E-state index in [1.807, 2.05) is 0 Å². The van der Waals surface area contributed by atoms with Crippen LogP contribution < -0.4 is 4.74 Å². The smallest absolute Gasteiger partial charge is 0.339 e. The molecule has 6 heteroatoms. The molecule has 0 aromatic heterocycles. The van der Waals surface area contributed by atoms with E-state index in [0.29, 0.717) is 17.5 Å². The molecule has 2 aromatic rings. The van der Waals surface area contributed by atoms with Crippen molar-refractivity contribution >= 4 is 17.8 Å². The number of hydrogen-bond acceptors (Lipinski definition) is 4. The molecule has 0 fully saturated rings. The van der Waals surface area contributed by atoms with Gasteiger partial charge in [0.1, 0.15) is 11.3 Å². The van der Waals surface area contributed by atoms with E-state index in [1.54, 1.807) is 42.5 Å². The molecule has 0 radical (unpaired) electrons. The maximum absolute atomic E-state index is 12.2. The van der Waals surface area contributed by atoms with Crippen molar-refractivity contribution < 1.29 is 24.2 Å². The Hall–Kier alpha value is -3.15. The number of fused-ring (bicyclic) bond motifs is 1. The predicted octanol–water partition coefficient (Wildman–Crippen LogP) is 2.45. The van der Waals surface area contributed by atoms with Crippen LogP contribution in [0.4, 0.5) is 0 Å². The number of hydrogen-bond donors (Lipinski definition) is 1. The van der Waals surface area contributed by atoms with Crippen LogP contribution in [0.3, 0.4) is 0 Å². The van der Waals surface area contributed by atoms with Crippen LogP contribution in [0.2, 0.25) is 0 Å². The Balaban J connectivity index is 1.58. The van der Waals surface area contributed by atoms with Gasteiger partial charge in [-0.3, -0.25) is 14.5 Å². The first-order chi connectivity index (χ1) is 11.6. The van der Waals surface area contributed by atoms with E-state index in [9.17, 15) is 14.4 Å². The van der Waals surface area contributed by atoms with Crippen LogP contribution in [-0.4, -0.2) is 40.9 Å². The lowest BCUT2D eigenvalue weighted by atomic mass is 10.1. The van der Waals surface area contributed by atoms with Gasteiger partial charge < -0.3 is 9.84 Å².